The summed E-state index contributed by atoms with van der Waals surface area (Å²) in [6.45, 7) is 27.7. The maximum atomic E-state index is 4.76. The predicted molar refractivity (Wildman–Crippen MR) is 197 cm³/mol. The first-order chi connectivity index (χ1) is 20.5. The summed E-state index contributed by atoms with van der Waals surface area (Å²) in [5.74, 6) is 0. The third kappa shape index (κ3) is 7.77. The second-order valence-electron chi connectivity index (χ2n) is 14.4. The summed E-state index contributed by atoms with van der Waals surface area (Å²) in [6.07, 6.45) is 5.82. The Morgan fingerprint density at radius 2 is 0.556 bits per heavy atom. The number of nitrogens with one attached hydrogen (secondary N) is 4. The van der Waals surface area contributed by atoms with E-state index < -0.39 is 7.26 Å². The molecular weight excluding hydrogens is 638 g/mol. The van der Waals surface area contributed by atoms with Crippen LogP contribution in [0.5, 0.6) is 0 Å². The van der Waals surface area contributed by atoms with Gasteiger partial charge in [-0.3, -0.25) is 0 Å². The SMILES string of the molecule is CC1(C)c2ccc([nH]2)C(C)(C)c2ccc([nH]2)C(C)(C)c2ccc([nH]2)C(C)(C)c2ccc1[nH]2.CC[P+](CC)(CC)CC.ClCCl.[Cl-]. The Bertz CT molecular complexity index is 1180. The highest BCUT2D eigenvalue weighted by Crippen LogP contribution is 2.57. The third-order valence-corrected chi connectivity index (χ3v) is 16.2. The molecule has 4 N–H and O–H groups in total. The molecular formula is C37H58Cl3N4P. The number of H-pyrrole nitrogens is 4. The van der Waals surface area contributed by atoms with Crippen LogP contribution in [0.4, 0.5) is 0 Å². The minimum atomic E-state index is -0.420. The molecule has 0 radical (unpaired) electrons. The molecule has 0 saturated carbocycles. The smallest absolute Gasteiger partial charge is 0.0967 e. The van der Waals surface area contributed by atoms with Gasteiger partial charge in [0.2, 0.25) is 0 Å². The first kappa shape index (κ1) is 39.6. The Morgan fingerprint density at radius 1 is 0.422 bits per heavy atom. The normalized spacial score (nSPS) is 17.2. The number of aromatic nitrogens is 4. The molecule has 4 aromatic rings. The summed E-state index contributed by atoms with van der Waals surface area (Å²) in [4.78, 5) is 15.1. The van der Waals surface area contributed by atoms with Crippen LogP contribution in [0.3, 0.4) is 0 Å². The molecule has 4 aromatic heterocycles. The number of halogens is 3. The van der Waals surface area contributed by atoms with Gasteiger partial charge >= 0.3 is 0 Å². The van der Waals surface area contributed by atoms with Gasteiger partial charge in [-0.1, -0.05) is 0 Å². The molecule has 0 atom stereocenters. The molecule has 4 nitrogen and oxygen atoms in total. The highest BCUT2D eigenvalue weighted by atomic mass is 35.5. The zero-order valence-corrected chi connectivity index (χ0v) is 32.9. The van der Waals surface area contributed by atoms with Crippen LogP contribution in [0.1, 0.15) is 129 Å². The van der Waals surface area contributed by atoms with Gasteiger partial charge in [0.15, 0.2) is 0 Å². The van der Waals surface area contributed by atoms with Crippen LogP contribution in [0.2, 0.25) is 0 Å². The van der Waals surface area contributed by atoms with Crippen molar-refractivity contribution in [1.82, 2.24) is 19.9 Å². The number of hydrogen-bond donors (Lipinski definition) is 4. The first-order valence-electron chi connectivity index (χ1n) is 16.3. The van der Waals surface area contributed by atoms with Crippen molar-refractivity contribution >= 4 is 30.5 Å². The lowest BCUT2D eigenvalue weighted by Crippen LogP contribution is -3.00. The fourth-order valence-corrected chi connectivity index (χ4v) is 9.10. The zero-order chi connectivity index (χ0) is 33.1. The summed E-state index contributed by atoms with van der Waals surface area (Å²) in [5, 5.41) is 0.194. The van der Waals surface area contributed by atoms with E-state index in [1.807, 2.05) is 0 Å². The first-order valence-corrected chi connectivity index (χ1v) is 19.9. The van der Waals surface area contributed by atoms with Crippen LogP contribution in [0.15, 0.2) is 48.5 Å². The van der Waals surface area contributed by atoms with E-state index in [9.17, 15) is 0 Å². The van der Waals surface area contributed by atoms with Crippen molar-refractivity contribution in [2.45, 2.75) is 105 Å². The number of fused-ring (bicyclic) bond motifs is 8. The lowest BCUT2D eigenvalue weighted by Gasteiger charge is -2.28. The standard InChI is InChI=1S/C28H36N4.C8H20P.CH2Cl2.ClH/c1-25(2)17-9-11-19(29-17)26(3,4)21-13-15-23(31-21)28(7,8)24-16-14-22(32-24)27(5,6)20-12-10-18(25)30-20;1-5-9(6-2,7-3)8-4;2-1-3;/h9-16,29-32H,1-8H3;5-8H2,1-4H3;1H2;1H/q;+1;;/p-1. The molecule has 1 aliphatic rings. The molecule has 0 spiro atoms. The molecule has 1 aliphatic heterocycles. The Labute approximate surface area is 290 Å². The lowest BCUT2D eigenvalue weighted by molar-refractivity contribution is -0.0000102. The second kappa shape index (κ2) is 15.1. The highest BCUT2D eigenvalue weighted by Gasteiger charge is 2.36. The number of aromatic amines is 4. The van der Waals surface area contributed by atoms with Gasteiger partial charge in [-0.25, -0.2) is 0 Å². The van der Waals surface area contributed by atoms with Crippen LogP contribution >= 0.6 is 30.5 Å². The van der Waals surface area contributed by atoms with Crippen LogP contribution in [0.25, 0.3) is 0 Å². The van der Waals surface area contributed by atoms with E-state index in [2.05, 4.69) is 152 Å². The van der Waals surface area contributed by atoms with Crippen LogP contribution < -0.4 is 12.4 Å². The van der Waals surface area contributed by atoms with Crippen molar-refractivity contribution in [3.8, 4) is 0 Å². The zero-order valence-electron chi connectivity index (χ0n) is 29.7. The van der Waals surface area contributed by atoms with Gasteiger partial charge in [0, 0.05) is 74.5 Å². The third-order valence-electron chi connectivity index (χ3n) is 10.8. The molecule has 45 heavy (non-hydrogen) atoms. The topological polar surface area (TPSA) is 63.2 Å². The monoisotopic (exact) mass is 694 g/mol. The summed E-state index contributed by atoms with van der Waals surface area (Å²) in [5.41, 5.74) is 9.07. The quantitative estimate of drug-likeness (QED) is 0.123. The fourth-order valence-electron chi connectivity index (χ4n) is 6.42. The van der Waals surface area contributed by atoms with Crippen LogP contribution in [-0.2, 0) is 21.7 Å². The molecule has 5 heterocycles. The molecule has 0 unspecified atom stereocenters. The van der Waals surface area contributed by atoms with Gasteiger partial charge in [0.1, 0.15) is 0 Å². The van der Waals surface area contributed by atoms with Gasteiger partial charge < -0.3 is 32.3 Å². The molecule has 8 heteroatoms. The Balaban J connectivity index is 0.000000466. The highest BCUT2D eigenvalue weighted by molar-refractivity contribution is 7.75. The van der Waals surface area contributed by atoms with E-state index in [0.717, 1.165) is 0 Å². The lowest BCUT2D eigenvalue weighted by atomic mass is 9.85. The summed E-state index contributed by atoms with van der Waals surface area (Å²) < 4.78 is 0. The van der Waals surface area contributed by atoms with Crippen LogP contribution in [0, 0.1) is 0 Å². The molecule has 0 aromatic carbocycles. The van der Waals surface area contributed by atoms with E-state index in [4.69, 9.17) is 23.2 Å². The van der Waals surface area contributed by atoms with Crippen molar-refractivity contribution in [2.24, 2.45) is 0 Å². The average Bonchev–Trinajstić information content (AvgIpc) is 3.81. The van der Waals surface area contributed by atoms with Crippen molar-refractivity contribution in [2.75, 3.05) is 30.0 Å². The van der Waals surface area contributed by atoms with Gasteiger partial charge in [-0.2, -0.15) is 0 Å². The Hall–Kier alpha value is -1.58. The van der Waals surface area contributed by atoms with Gasteiger partial charge in [0.05, 0.1) is 30.0 Å². The van der Waals surface area contributed by atoms with Gasteiger partial charge in [-0.05, 0) is 132 Å². The molecule has 0 aliphatic carbocycles. The minimum absolute atomic E-state index is 0. The second-order valence-corrected chi connectivity index (χ2v) is 20.4. The van der Waals surface area contributed by atoms with Crippen molar-refractivity contribution in [1.29, 1.82) is 0 Å². The number of rotatable bonds is 4. The van der Waals surface area contributed by atoms with Crippen LogP contribution in [-0.4, -0.2) is 49.9 Å². The average molecular weight is 696 g/mol. The largest absolute Gasteiger partial charge is 1.00 e. The molecule has 0 amide bonds. The van der Waals surface area contributed by atoms with E-state index in [-0.39, 0.29) is 39.4 Å². The minimum Gasteiger partial charge on any atom is -1.00 e. The molecule has 5 rings (SSSR count). The predicted octanol–water partition coefficient (Wildman–Crippen LogP) is 8.13. The Kier molecular flexibility index (Phi) is 13.3. The summed E-state index contributed by atoms with van der Waals surface area (Å²) in [6, 6.07) is 17.9. The van der Waals surface area contributed by atoms with Gasteiger partial charge in [0.25, 0.3) is 0 Å². The molecule has 252 valence electrons. The van der Waals surface area contributed by atoms with E-state index in [1.165, 1.54) is 70.2 Å². The molecule has 0 saturated heterocycles. The molecule has 0 fully saturated rings. The van der Waals surface area contributed by atoms with E-state index in [1.54, 1.807) is 0 Å². The summed E-state index contributed by atoms with van der Waals surface area (Å²) in [7, 11) is -0.420. The van der Waals surface area contributed by atoms with Crippen molar-refractivity contribution in [3.63, 3.8) is 0 Å². The maximum Gasteiger partial charge on any atom is 0.0967 e. The number of hydrogen-bond acceptors (Lipinski definition) is 0. The van der Waals surface area contributed by atoms with Crippen molar-refractivity contribution in [3.05, 3.63) is 94.1 Å². The fraction of sp³-hybridized carbons (Fsp3) is 0.568. The summed E-state index contributed by atoms with van der Waals surface area (Å²) >= 11 is 9.53. The van der Waals surface area contributed by atoms with Gasteiger partial charge in [-0.15, -0.1) is 23.2 Å². The van der Waals surface area contributed by atoms with Crippen molar-refractivity contribution < 1.29 is 12.4 Å². The van der Waals surface area contributed by atoms with E-state index >= 15 is 0 Å². The molecule has 8 bridgehead atoms. The maximum absolute atomic E-state index is 4.76. The van der Waals surface area contributed by atoms with E-state index in [0.29, 0.717) is 0 Å². The number of alkyl halides is 2. The Morgan fingerprint density at radius 3 is 0.644 bits per heavy atom.